The summed E-state index contributed by atoms with van der Waals surface area (Å²) in [4.78, 5) is 38.2. The minimum Gasteiger partial charge on any atom is -0.322 e. The van der Waals surface area contributed by atoms with Gasteiger partial charge in [-0.1, -0.05) is 42.5 Å². The number of hydrogen-bond donors (Lipinski definition) is 2. The van der Waals surface area contributed by atoms with Crippen LogP contribution >= 0.6 is 23.1 Å². The summed E-state index contributed by atoms with van der Waals surface area (Å²) in [5.74, 6) is -0.283. The minimum atomic E-state index is -0.549. The summed E-state index contributed by atoms with van der Waals surface area (Å²) >= 11 is 2.82. The van der Waals surface area contributed by atoms with Crippen molar-refractivity contribution in [3.8, 4) is 6.07 Å². The predicted octanol–water partition coefficient (Wildman–Crippen LogP) is 7.17. The van der Waals surface area contributed by atoms with E-state index in [1.807, 2.05) is 24.3 Å². The van der Waals surface area contributed by atoms with Crippen molar-refractivity contribution in [1.82, 2.24) is 0 Å². The van der Waals surface area contributed by atoms with Crippen molar-refractivity contribution in [2.24, 2.45) is 0 Å². The zero-order valence-electron chi connectivity index (χ0n) is 22.1. The summed E-state index contributed by atoms with van der Waals surface area (Å²) in [6.07, 6.45) is 2.63. The number of nitro groups is 1. The Labute approximate surface area is 245 Å². The van der Waals surface area contributed by atoms with E-state index in [1.54, 1.807) is 25.1 Å². The van der Waals surface area contributed by atoms with Crippen LogP contribution in [0.2, 0.25) is 0 Å². The minimum absolute atomic E-state index is 0.163. The highest BCUT2D eigenvalue weighted by atomic mass is 32.2. The van der Waals surface area contributed by atoms with Crippen molar-refractivity contribution in [1.29, 1.82) is 5.26 Å². The van der Waals surface area contributed by atoms with Gasteiger partial charge in [0.15, 0.2) is 0 Å². The number of thioether (sulfide) groups is 1. The zero-order valence-corrected chi connectivity index (χ0v) is 23.8. The number of benzene rings is 3. The smallest absolute Gasteiger partial charge is 0.270 e. The predicted molar refractivity (Wildman–Crippen MR) is 162 cm³/mol. The number of non-ortho nitro benzene ring substituents is 1. The molecule has 4 aromatic rings. The molecular weight excluding hydrogens is 556 g/mol. The molecule has 5 rings (SSSR count). The lowest BCUT2D eigenvalue weighted by atomic mass is 9.83. The largest absolute Gasteiger partial charge is 0.322 e. The molecule has 8 nitrogen and oxygen atoms in total. The third kappa shape index (κ3) is 6.48. The topological polar surface area (TPSA) is 125 Å². The van der Waals surface area contributed by atoms with Gasteiger partial charge in [0.05, 0.1) is 15.7 Å². The Morgan fingerprint density at radius 3 is 2.61 bits per heavy atom. The molecule has 0 radical (unpaired) electrons. The van der Waals surface area contributed by atoms with Crippen LogP contribution in [0.15, 0.2) is 83.8 Å². The first kappa shape index (κ1) is 28.1. The van der Waals surface area contributed by atoms with Gasteiger partial charge >= 0.3 is 0 Å². The van der Waals surface area contributed by atoms with Crippen molar-refractivity contribution in [3.63, 3.8) is 0 Å². The van der Waals surface area contributed by atoms with E-state index in [9.17, 15) is 25.0 Å². The molecule has 1 aliphatic carbocycles. The standard InChI is InChI=1S/C31H26N4O4S2/c1-19(40-25-12-6-10-23(17-25)33-30(37)22-9-5-11-24(15-22)35(38)39)29(36)34-31-27(18-32)26-14-13-21(16-28(26)41-31)20-7-3-2-4-8-20/h2-12,15,17,19,21H,13-14,16H2,1H3,(H,33,37)(H,34,36). The van der Waals surface area contributed by atoms with Crippen molar-refractivity contribution >= 4 is 51.3 Å². The number of thiophene rings is 1. The molecule has 0 saturated heterocycles. The molecule has 2 unspecified atom stereocenters. The number of fused-ring (bicyclic) bond motifs is 1. The zero-order chi connectivity index (χ0) is 28.9. The SMILES string of the molecule is CC(Sc1cccc(NC(=O)c2cccc([N+](=O)[O-])c2)c1)C(=O)Nc1sc2c(c1C#N)CCC(c1ccccc1)C2. The highest BCUT2D eigenvalue weighted by Crippen LogP contribution is 2.42. The van der Waals surface area contributed by atoms with E-state index in [0.717, 1.165) is 34.6 Å². The molecule has 2 N–H and O–H groups in total. The summed E-state index contributed by atoms with van der Waals surface area (Å²) in [6, 6.07) is 25.3. The Kier molecular flexibility index (Phi) is 8.47. The molecule has 3 aromatic carbocycles. The number of hydrogen-bond acceptors (Lipinski definition) is 7. The number of rotatable bonds is 8. The second-order valence-electron chi connectivity index (χ2n) is 9.71. The number of nitrogens with one attached hydrogen (secondary N) is 2. The van der Waals surface area contributed by atoms with E-state index in [4.69, 9.17) is 0 Å². The van der Waals surface area contributed by atoms with E-state index in [1.165, 1.54) is 52.9 Å². The summed E-state index contributed by atoms with van der Waals surface area (Å²) in [5, 5.41) is 26.8. The first-order chi connectivity index (χ1) is 19.8. The molecule has 0 spiro atoms. The van der Waals surface area contributed by atoms with Crippen LogP contribution in [0.5, 0.6) is 0 Å². The normalized spacial score (nSPS) is 14.8. The van der Waals surface area contributed by atoms with Gasteiger partial charge in [-0.05, 0) is 67.5 Å². The molecule has 0 aliphatic heterocycles. The maximum atomic E-state index is 13.2. The van der Waals surface area contributed by atoms with Crippen LogP contribution in [-0.2, 0) is 17.6 Å². The van der Waals surface area contributed by atoms with Crippen LogP contribution in [0.3, 0.4) is 0 Å². The summed E-state index contributed by atoms with van der Waals surface area (Å²) < 4.78 is 0. The average Bonchev–Trinajstić information content (AvgIpc) is 3.33. The number of nitro benzene ring substituents is 1. The third-order valence-corrected chi connectivity index (χ3v) is 9.24. The Balaban J connectivity index is 1.23. The highest BCUT2D eigenvalue weighted by molar-refractivity contribution is 8.00. The van der Waals surface area contributed by atoms with Crippen LogP contribution < -0.4 is 10.6 Å². The molecule has 2 amide bonds. The fourth-order valence-electron chi connectivity index (χ4n) is 4.88. The number of carbonyl (C=O) groups is 2. The van der Waals surface area contributed by atoms with Crippen molar-refractivity contribution in [3.05, 3.63) is 116 Å². The maximum absolute atomic E-state index is 13.2. The van der Waals surface area contributed by atoms with E-state index in [0.29, 0.717) is 22.2 Å². The summed E-state index contributed by atoms with van der Waals surface area (Å²) in [6.45, 7) is 1.79. The van der Waals surface area contributed by atoms with Gasteiger partial charge in [-0.15, -0.1) is 23.1 Å². The maximum Gasteiger partial charge on any atom is 0.270 e. The van der Waals surface area contributed by atoms with E-state index >= 15 is 0 Å². The van der Waals surface area contributed by atoms with E-state index < -0.39 is 16.1 Å². The molecule has 1 heterocycles. The first-order valence-corrected chi connectivity index (χ1v) is 14.7. The Morgan fingerprint density at radius 2 is 1.85 bits per heavy atom. The van der Waals surface area contributed by atoms with Gasteiger partial charge in [-0.3, -0.25) is 19.7 Å². The van der Waals surface area contributed by atoms with Gasteiger partial charge in [-0.25, -0.2) is 0 Å². The lowest BCUT2D eigenvalue weighted by Gasteiger charge is -2.22. The third-order valence-electron chi connectivity index (χ3n) is 6.98. The number of nitrogens with zero attached hydrogens (tertiary/aromatic N) is 2. The monoisotopic (exact) mass is 582 g/mol. The van der Waals surface area contributed by atoms with E-state index in [2.05, 4.69) is 28.8 Å². The fourth-order valence-corrected chi connectivity index (χ4v) is 7.09. The van der Waals surface area contributed by atoms with Crippen molar-refractivity contribution in [2.45, 2.75) is 42.2 Å². The molecule has 1 aromatic heterocycles. The molecule has 0 fully saturated rings. The summed E-state index contributed by atoms with van der Waals surface area (Å²) in [7, 11) is 0. The van der Waals surface area contributed by atoms with Crippen LogP contribution in [0.1, 0.15) is 51.2 Å². The highest BCUT2D eigenvalue weighted by Gasteiger charge is 2.28. The molecule has 0 saturated carbocycles. The molecule has 2 atom stereocenters. The second kappa shape index (κ2) is 12.4. The molecular formula is C31H26N4O4S2. The van der Waals surface area contributed by atoms with Gasteiger partial charge in [0.2, 0.25) is 5.91 Å². The second-order valence-corrected chi connectivity index (χ2v) is 12.2. The van der Waals surface area contributed by atoms with Gasteiger partial charge in [0.1, 0.15) is 11.1 Å². The lowest BCUT2D eigenvalue weighted by Crippen LogP contribution is -2.22. The molecule has 206 valence electrons. The summed E-state index contributed by atoms with van der Waals surface area (Å²) in [5.41, 5.74) is 3.42. The van der Waals surface area contributed by atoms with Crippen LogP contribution in [0.25, 0.3) is 0 Å². The van der Waals surface area contributed by atoms with Gasteiger partial charge in [-0.2, -0.15) is 5.26 Å². The van der Waals surface area contributed by atoms with Crippen molar-refractivity contribution in [2.75, 3.05) is 10.6 Å². The number of amides is 2. The van der Waals surface area contributed by atoms with Gasteiger partial charge in [0, 0.05) is 33.2 Å². The van der Waals surface area contributed by atoms with Crippen molar-refractivity contribution < 1.29 is 14.5 Å². The quantitative estimate of drug-likeness (QED) is 0.129. The Morgan fingerprint density at radius 1 is 1.07 bits per heavy atom. The molecule has 10 heteroatoms. The van der Waals surface area contributed by atoms with Gasteiger partial charge < -0.3 is 10.6 Å². The Hall–Kier alpha value is -4.46. The van der Waals surface area contributed by atoms with Crippen LogP contribution in [0.4, 0.5) is 16.4 Å². The molecule has 1 aliphatic rings. The number of carbonyl (C=O) groups excluding carboxylic acids is 2. The molecule has 0 bridgehead atoms. The first-order valence-electron chi connectivity index (χ1n) is 13.1. The Bertz CT molecular complexity index is 1660. The number of nitriles is 1. The molecule has 41 heavy (non-hydrogen) atoms. The fraction of sp³-hybridized carbons (Fsp3) is 0.194. The average molecular weight is 583 g/mol. The lowest BCUT2D eigenvalue weighted by molar-refractivity contribution is -0.384. The number of anilines is 2. The van der Waals surface area contributed by atoms with E-state index in [-0.39, 0.29) is 17.2 Å². The van der Waals surface area contributed by atoms with Gasteiger partial charge in [0.25, 0.3) is 11.6 Å². The van der Waals surface area contributed by atoms with Crippen LogP contribution in [-0.4, -0.2) is 22.0 Å². The van der Waals surface area contributed by atoms with Crippen LogP contribution in [0, 0.1) is 21.4 Å².